The largest absolute Gasteiger partial charge is 0.480 e. The number of rotatable bonds is 8. The van der Waals surface area contributed by atoms with Crippen molar-refractivity contribution in [3.63, 3.8) is 0 Å². The molecular weight excluding hydrogens is 288 g/mol. The van der Waals surface area contributed by atoms with Crippen LogP contribution in [0.25, 0.3) is 0 Å². The zero-order valence-electron chi connectivity index (χ0n) is 12.6. The van der Waals surface area contributed by atoms with E-state index in [1.165, 1.54) is 37.4 Å². The Morgan fingerprint density at radius 3 is 2.71 bits per heavy atom. The number of thioether (sulfide) groups is 1. The van der Waals surface area contributed by atoms with Crippen LogP contribution in [0.15, 0.2) is 0 Å². The Morgan fingerprint density at radius 2 is 2.14 bits per heavy atom. The quantitative estimate of drug-likeness (QED) is 0.590. The second-order valence-corrected chi connectivity index (χ2v) is 7.59. The van der Waals surface area contributed by atoms with Gasteiger partial charge in [0.2, 0.25) is 5.91 Å². The molecule has 0 saturated heterocycles. The first-order valence-corrected chi connectivity index (χ1v) is 8.98. The molecule has 2 aliphatic carbocycles. The summed E-state index contributed by atoms with van der Waals surface area (Å²) in [6.07, 6.45) is 5.73. The number of amides is 1. The maximum Gasteiger partial charge on any atom is 0.320 e. The molecule has 0 aliphatic heterocycles. The lowest BCUT2D eigenvalue weighted by Crippen LogP contribution is -2.41. The van der Waals surface area contributed by atoms with E-state index in [-0.39, 0.29) is 11.9 Å². The highest BCUT2D eigenvalue weighted by Gasteiger charge is 2.42. The van der Waals surface area contributed by atoms with Gasteiger partial charge < -0.3 is 16.2 Å². The lowest BCUT2D eigenvalue weighted by atomic mass is 9.84. The van der Waals surface area contributed by atoms with Crippen LogP contribution in [0.1, 0.15) is 39.0 Å². The predicted octanol–water partition coefficient (Wildman–Crippen LogP) is 1.46. The Hall–Kier alpha value is -0.750. The van der Waals surface area contributed by atoms with Gasteiger partial charge in [-0.3, -0.25) is 9.59 Å². The first-order valence-electron chi connectivity index (χ1n) is 7.83. The van der Waals surface area contributed by atoms with Crippen LogP contribution >= 0.6 is 11.8 Å². The van der Waals surface area contributed by atoms with Gasteiger partial charge in [0.15, 0.2) is 0 Å². The fraction of sp³-hybridized carbons (Fsp3) is 0.867. The highest BCUT2D eigenvalue weighted by Crippen LogP contribution is 2.49. The zero-order valence-corrected chi connectivity index (χ0v) is 13.4. The highest BCUT2D eigenvalue weighted by molar-refractivity contribution is 7.99. The minimum absolute atomic E-state index is 0.0548. The Balaban J connectivity index is 1.60. The van der Waals surface area contributed by atoms with Gasteiger partial charge in [-0.1, -0.05) is 6.42 Å². The summed E-state index contributed by atoms with van der Waals surface area (Å²) in [6.45, 7) is 2.12. The fourth-order valence-corrected chi connectivity index (χ4v) is 4.64. The van der Waals surface area contributed by atoms with E-state index in [0.29, 0.717) is 23.8 Å². The number of hydrogen-bond acceptors (Lipinski definition) is 4. The summed E-state index contributed by atoms with van der Waals surface area (Å²) in [7, 11) is 0. The van der Waals surface area contributed by atoms with E-state index in [9.17, 15) is 9.59 Å². The zero-order chi connectivity index (χ0) is 15.4. The van der Waals surface area contributed by atoms with Crippen molar-refractivity contribution < 1.29 is 14.7 Å². The molecule has 6 heteroatoms. The predicted molar refractivity (Wildman–Crippen MR) is 84.1 cm³/mol. The highest BCUT2D eigenvalue weighted by atomic mass is 32.2. The van der Waals surface area contributed by atoms with E-state index < -0.39 is 12.0 Å². The van der Waals surface area contributed by atoms with Crippen molar-refractivity contribution in [2.75, 3.05) is 11.5 Å². The molecule has 2 rings (SSSR count). The molecule has 0 radical (unpaired) electrons. The maximum absolute atomic E-state index is 11.9. The average molecular weight is 314 g/mol. The molecule has 0 aromatic heterocycles. The van der Waals surface area contributed by atoms with Gasteiger partial charge in [-0.05, 0) is 56.1 Å². The van der Waals surface area contributed by atoms with Crippen LogP contribution in [0.5, 0.6) is 0 Å². The van der Waals surface area contributed by atoms with Crippen LogP contribution in [0.2, 0.25) is 0 Å². The van der Waals surface area contributed by atoms with Crippen molar-refractivity contribution in [1.29, 1.82) is 0 Å². The van der Waals surface area contributed by atoms with Gasteiger partial charge in [-0.15, -0.1) is 0 Å². The van der Waals surface area contributed by atoms with Crippen molar-refractivity contribution >= 4 is 23.6 Å². The smallest absolute Gasteiger partial charge is 0.320 e. The molecule has 0 heterocycles. The Morgan fingerprint density at radius 1 is 1.38 bits per heavy atom. The molecule has 5 unspecified atom stereocenters. The second-order valence-electron chi connectivity index (χ2n) is 6.48. The molecule has 2 fully saturated rings. The number of carboxylic acid groups (broad SMARTS) is 1. The standard InChI is InChI=1S/C15H26N2O3S/c1-9(12-7-10-2-3-11(12)6-10)17-14(18)8-21-5-4-13(16)15(19)20/h9-13H,2-8,16H2,1H3,(H,17,18)(H,19,20). The van der Waals surface area contributed by atoms with Crippen molar-refractivity contribution in [2.24, 2.45) is 23.5 Å². The van der Waals surface area contributed by atoms with Crippen molar-refractivity contribution in [3.05, 3.63) is 0 Å². The molecule has 21 heavy (non-hydrogen) atoms. The number of aliphatic carboxylic acids is 1. The number of nitrogens with one attached hydrogen (secondary N) is 1. The van der Waals surface area contributed by atoms with E-state index in [1.54, 1.807) is 0 Å². The molecule has 4 N–H and O–H groups in total. The van der Waals surface area contributed by atoms with Crippen molar-refractivity contribution in [2.45, 2.75) is 51.1 Å². The SMILES string of the molecule is CC(NC(=O)CSCCC(N)C(=O)O)C1CC2CCC1C2. The van der Waals surface area contributed by atoms with Crippen LogP contribution in [0, 0.1) is 17.8 Å². The third-order valence-electron chi connectivity index (χ3n) is 4.95. The van der Waals surface area contributed by atoms with E-state index in [4.69, 9.17) is 10.8 Å². The van der Waals surface area contributed by atoms with Gasteiger partial charge in [0, 0.05) is 6.04 Å². The topological polar surface area (TPSA) is 92.4 Å². The number of carboxylic acids is 1. The van der Waals surface area contributed by atoms with Crippen molar-refractivity contribution in [1.82, 2.24) is 5.32 Å². The number of carbonyl (C=O) groups is 2. The van der Waals surface area contributed by atoms with Crippen LogP contribution in [0.4, 0.5) is 0 Å². The summed E-state index contributed by atoms with van der Waals surface area (Å²) in [6, 6.07) is -0.566. The fourth-order valence-electron chi connectivity index (χ4n) is 3.81. The first-order chi connectivity index (χ1) is 9.97. The lowest BCUT2D eigenvalue weighted by Gasteiger charge is -2.28. The molecule has 5 atom stereocenters. The van der Waals surface area contributed by atoms with Crippen molar-refractivity contribution in [3.8, 4) is 0 Å². The summed E-state index contributed by atoms with van der Waals surface area (Å²) in [5.41, 5.74) is 5.42. The molecule has 2 bridgehead atoms. The summed E-state index contributed by atoms with van der Waals surface area (Å²) >= 11 is 1.45. The molecule has 2 aliphatic rings. The first kappa shape index (κ1) is 16.6. The average Bonchev–Trinajstić information content (AvgIpc) is 3.05. The normalized spacial score (nSPS) is 30.1. The van der Waals surface area contributed by atoms with Gasteiger partial charge in [-0.25, -0.2) is 0 Å². The summed E-state index contributed by atoms with van der Waals surface area (Å²) in [4.78, 5) is 22.5. The van der Waals surface area contributed by atoms with E-state index in [1.807, 2.05) is 0 Å². The molecular formula is C15H26N2O3S. The monoisotopic (exact) mass is 314 g/mol. The van der Waals surface area contributed by atoms with E-state index in [2.05, 4.69) is 12.2 Å². The molecule has 0 aromatic rings. The van der Waals surface area contributed by atoms with Gasteiger partial charge in [0.05, 0.1) is 5.75 Å². The van der Waals surface area contributed by atoms with Crippen LogP contribution in [-0.2, 0) is 9.59 Å². The third-order valence-corrected chi connectivity index (χ3v) is 5.94. The number of hydrogen-bond donors (Lipinski definition) is 3. The summed E-state index contributed by atoms with van der Waals surface area (Å²) in [5, 5.41) is 11.8. The van der Waals surface area contributed by atoms with Gasteiger partial charge >= 0.3 is 5.97 Å². The van der Waals surface area contributed by atoms with Crippen LogP contribution in [0.3, 0.4) is 0 Å². The van der Waals surface area contributed by atoms with E-state index >= 15 is 0 Å². The van der Waals surface area contributed by atoms with E-state index in [0.717, 1.165) is 11.8 Å². The molecule has 5 nitrogen and oxygen atoms in total. The summed E-state index contributed by atoms with van der Waals surface area (Å²) < 4.78 is 0. The molecule has 120 valence electrons. The number of carbonyl (C=O) groups excluding carboxylic acids is 1. The summed E-state index contributed by atoms with van der Waals surface area (Å²) in [5.74, 6) is 2.42. The van der Waals surface area contributed by atoms with Gasteiger partial charge in [0.1, 0.15) is 6.04 Å². The number of fused-ring (bicyclic) bond motifs is 2. The Bertz CT molecular complexity index is 391. The molecule has 0 aromatic carbocycles. The van der Waals surface area contributed by atoms with Gasteiger partial charge in [0.25, 0.3) is 0 Å². The number of nitrogens with two attached hydrogens (primary N) is 1. The third kappa shape index (κ3) is 4.61. The molecule has 0 spiro atoms. The molecule has 1 amide bonds. The Labute approximate surface area is 130 Å². The maximum atomic E-state index is 11.9. The van der Waals surface area contributed by atoms with Crippen LogP contribution in [-0.4, -0.2) is 40.6 Å². The second kappa shape index (κ2) is 7.49. The Kier molecular flexibility index (Phi) is 5.93. The van der Waals surface area contributed by atoms with Crippen LogP contribution < -0.4 is 11.1 Å². The lowest BCUT2D eigenvalue weighted by molar-refractivity contribution is -0.138. The minimum Gasteiger partial charge on any atom is -0.480 e. The minimum atomic E-state index is -0.982. The molecule has 2 saturated carbocycles. The van der Waals surface area contributed by atoms with Gasteiger partial charge in [-0.2, -0.15) is 11.8 Å².